The zero-order valence-electron chi connectivity index (χ0n) is 12.3. The molecule has 116 valence electrons. The third-order valence-corrected chi connectivity index (χ3v) is 6.95. The van der Waals surface area contributed by atoms with Crippen molar-refractivity contribution in [3.63, 3.8) is 0 Å². The van der Waals surface area contributed by atoms with Crippen molar-refractivity contribution in [1.82, 2.24) is 14.5 Å². The molecule has 0 aromatic carbocycles. The van der Waals surface area contributed by atoms with Gasteiger partial charge in [-0.25, -0.2) is 8.42 Å². The first-order chi connectivity index (χ1) is 9.65. The number of sulfonamides is 1. The van der Waals surface area contributed by atoms with Crippen LogP contribution < -0.4 is 5.32 Å². The molecule has 2 atom stereocenters. The Labute approximate surface area is 122 Å². The number of piperidine rings is 1. The van der Waals surface area contributed by atoms with Crippen molar-refractivity contribution < 1.29 is 8.42 Å². The molecule has 0 radical (unpaired) electrons. The van der Waals surface area contributed by atoms with Crippen LogP contribution in [0, 0.1) is 0 Å². The molecule has 3 heterocycles. The van der Waals surface area contributed by atoms with E-state index in [1.807, 2.05) is 0 Å². The molecule has 2 unspecified atom stereocenters. The molecule has 20 heavy (non-hydrogen) atoms. The second kappa shape index (κ2) is 6.30. The Balaban J connectivity index is 1.52. The van der Waals surface area contributed by atoms with Crippen LogP contribution in [-0.4, -0.2) is 68.2 Å². The maximum absolute atomic E-state index is 12.5. The zero-order chi connectivity index (χ0) is 14.0. The van der Waals surface area contributed by atoms with Gasteiger partial charge in [0.05, 0.1) is 5.75 Å². The van der Waals surface area contributed by atoms with Gasteiger partial charge in [-0.1, -0.05) is 6.42 Å². The zero-order valence-corrected chi connectivity index (χ0v) is 13.1. The fourth-order valence-corrected chi connectivity index (χ4v) is 5.41. The average molecular weight is 301 g/mol. The van der Waals surface area contributed by atoms with Crippen LogP contribution in [0.5, 0.6) is 0 Å². The number of fused-ring (bicyclic) bond motifs is 1. The highest BCUT2D eigenvalue weighted by Gasteiger charge is 2.35. The number of hydrogen-bond acceptors (Lipinski definition) is 4. The SMILES string of the molecule is O=S(=O)(CCC1CCCCN1)N1CCN2CCCC2C1. The number of nitrogens with zero attached hydrogens (tertiary/aromatic N) is 2. The molecule has 0 amide bonds. The summed E-state index contributed by atoms with van der Waals surface area (Å²) in [6.07, 6.45) is 6.76. The molecule has 1 N–H and O–H groups in total. The quantitative estimate of drug-likeness (QED) is 0.827. The number of nitrogens with one attached hydrogen (secondary N) is 1. The minimum atomic E-state index is -3.05. The molecule has 0 bridgehead atoms. The third-order valence-electron chi connectivity index (χ3n) is 5.08. The number of hydrogen-bond donors (Lipinski definition) is 1. The van der Waals surface area contributed by atoms with E-state index in [1.165, 1.54) is 19.3 Å². The van der Waals surface area contributed by atoms with Crippen molar-refractivity contribution in [2.24, 2.45) is 0 Å². The molecule has 3 rings (SSSR count). The molecule has 0 aromatic rings. The van der Waals surface area contributed by atoms with Crippen molar-refractivity contribution in [1.29, 1.82) is 0 Å². The van der Waals surface area contributed by atoms with Gasteiger partial charge in [-0.2, -0.15) is 4.31 Å². The molecule has 3 saturated heterocycles. The lowest BCUT2D eigenvalue weighted by atomic mass is 10.0. The Bertz CT molecular complexity index is 420. The van der Waals surface area contributed by atoms with Crippen molar-refractivity contribution >= 4 is 10.0 Å². The molecule has 3 aliphatic rings. The lowest BCUT2D eigenvalue weighted by molar-refractivity contribution is 0.158. The predicted molar refractivity (Wildman–Crippen MR) is 80.2 cm³/mol. The molecule has 3 fully saturated rings. The van der Waals surface area contributed by atoms with Gasteiger partial charge in [0.2, 0.25) is 10.0 Å². The fourth-order valence-electron chi connectivity index (χ4n) is 3.81. The fraction of sp³-hybridized carbons (Fsp3) is 1.00. The van der Waals surface area contributed by atoms with E-state index in [-0.39, 0.29) is 0 Å². The van der Waals surface area contributed by atoms with Gasteiger partial charge in [0.1, 0.15) is 0 Å². The van der Waals surface area contributed by atoms with E-state index in [0.717, 1.165) is 45.4 Å². The highest BCUT2D eigenvalue weighted by Crippen LogP contribution is 2.23. The van der Waals surface area contributed by atoms with Crippen LogP contribution in [0.15, 0.2) is 0 Å². The molecule has 5 nitrogen and oxygen atoms in total. The summed E-state index contributed by atoms with van der Waals surface area (Å²) < 4.78 is 26.7. The summed E-state index contributed by atoms with van der Waals surface area (Å²) in [5.74, 6) is 0.317. The van der Waals surface area contributed by atoms with Crippen LogP contribution >= 0.6 is 0 Å². The van der Waals surface area contributed by atoms with E-state index < -0.39 is 10.0 Å². The van der Waals surface area contributed by atoms with Crippen molar-refractivity contribution in [3.05, 3.63) is 0 Å². The molecule has 0 saturated carbocycles. The van der Waals surface area contributed by atoms with Gasteiger partial charge in [-0.15, -0.1) is 0 Å². The van der Waals surface area contributed by atoms with E-state index in [2.05, 4.69) is 10.2 Å². The summed E-state index contributed by atoms with van der Waals surface area (Å²) in [4.78, 5) is 2.45. The van der Waals surface area contributed by atoms with Gasteiger partial charge in [-0.3, -0.25) is 4.90 Å². The van der Waals surface area contributed by atoms with Crippen LogP contribution in [0.2, 0.25) is 0 Å². The summed E-state index contributed by atoms with van der Waals surface area (Å²) >= 11 is 0. The number of piperazine rings is 1. The largest absolute Gasteiger partial charge is 0.314 e. The van der Waals surface area contributed by atoms with Gasteiger partial charge >= 0.3 is 0 Å². The monoisotopic (exact) mass is 301 g/mol. The minimum Gasteiger partial charge on any atom is -0.314 e. The first kappa shape index (κ1) is 14.8. The van der Waals surface area contributed by atoms with Crippen molar-refractivity contribution in [2.45, 2.75) is 50.6 Å². The molecule has 3 aliphatic heterocycles. The van der Waals surface area contributed by atoms with Gasteiger partial charge in [0.15, 0.2) is 0 Å². The first-order valence-electron chi connectivity index (χ1n) is 8.10. The second-order valence-electron chi connectivity index (χ2n) is 6.44. The number of rotatable bonds is 4. The van der Waals surface area contributed by atoms with E-state index in [0.29, 0.717) is 24.4 Å². The average Bonchev–Trinajstić information content (AvgIpc) is 2.94. The molecular formula is C14H27N3O2S. The molecule has 0 aliphatic carbocycles. The van der Waals surface area contributed by atoms with Crippen LogP contribution in [0.1, 0.15) is 38.5 Å². The molecular weight excluding hydrogens is 274 g/mol. The van der Waals surface area contributed by atoms with Crippen LogP contribution in [0.3, 0.4) is 0 Å². The predicted octanol–water partition coefficient (Wildman–Crippen LogP) is 0.628. The normalized spacial score (nSPS) is 33.2. The Hall–Kier alpha value is -0.170. The van der Waals surface area contributed by atoms with Crippen LogP contribution in [0.4, 0.5) is 0 Å². The van der Waals surface area contributed by atoms with E-state index in [1.54, 1.807) is 4.31 Å². The van der Waals surface area contributed by atoms with Crippen LogP contribution in [-0.2, 0) is 10.0 Å². The summed E-state index contributed by atoms with van der Waals surface area (Å²) in [7, 11) is -3.05. The summed E-state index contributed by atoms with van der Waals surface area (Å²) in [6, 6.07) is 0.887. The maximum atomic E-state index is 12.5. The summed E-state index contributed by atoms with van der Waals surface area (Å²) in [6.45, 7) is 4.54. The Morgan fingerprint density at radius 1 is 1.05 bits per heavy atom. The highest BCUT2D eigenvalue weighted by molar-refractivity contribution is 7.89. The van der Waals surface area contributed by atoms with Gasteiger partial charge < -0.3 is 5.32 Å². The van der Waals surface area contributed by atoms with Crippen molar-refractivity contribution in [3.8, 4) is 0 Å². The van der Waals surface area contributed by atoms with E-state index in [4.69, 9.17) is 0 Å². The molecule has 0 spiro atoms. The topological polar surface area (TPSA) is 52.7 Å². The third kappa shape index (κ3) is 3.35. The molecule has 0 aromatic heterocycles. The standard InChI is InChI=1S/C14H27N3O2S/c18-20(19,11-6-13-4-1-2-7-15-13)17-10-9-16-8-3-5-14(16)12-17/h13-15H,1-12H2. The summed E-state index contributed by atoms with van der Waals surface area (Å²) in [5, 5.41) is 3.44. The Morgan fingerprint density at radius 3 is 2.75 bits per heavy atom. The molecule has 6 heteroatoms. The Kier molecular flexibility index (Phi) is 4.65. The van der Waals surface area contributed by atoms with Gasteiger partial charge in [-0.05, 0) is 45.2 Å². The van der Waals surface area contributed by atoms with Crippen LogP contribution in [0.25, 0.3) is 0 Å². The highest BCUT2D eigenvalue weighted by atomic mass is 32.2. The van der Waals surface area contributed by atoms with Gasteiger partial charge in [0.25, 0.3) is 0 Å². The van der Waals surface area contributed by atoms with E-state index in [9.17, 15) is 8.42 Å². The minimum absolute atomic E-state index is 0.317. The lowest BCUT2D eigenvalue weighted by Gasteiger charge is -2.37. The summed E-state index contributed by atoms with van der Waals surface area (Å²) in [5.41, 5.74) is 0. The lowest BCUT2D eigenvalue weighted by Crippen LogP contribution is -2.52. The van der Waals surface area contributed by atoms with E-state index >= 15 is 0 Å². The Morgan fingerprint density at radius 2 is 1.95 bits per heavy atom. The van der Waals surface area contributed by atoms with Crippen molar-refractivity contribution in [2.75, 3.05) is 38.5 Å². The van der Waals surface area contributed by atoms with Gasteiger partial charge in [0, 0.05) is 31.7 Å². The second-order valence-corrected chi connectivity index (χ2v) is 8.53. The first-order valence-corrected chi connectivity index (χ1v) is 9.71. The smallest absolute Gasteiger partial charge is 0.214 e. The maximum Gasteiger partial charge on any atom is 0.214 e.